The molecule has 1 aromatic carbocycles. The first-order valence-electron chi connectivity index (χ1n) is 3.84. The third-order valence-electron chi connectivity index (χ3n) is 1.76. The zero-order chi connectivity index (χ0) is 9.84. The second kappa shape index (κ2) is 4.39. The highest BCUT2D eigenvalue weighted by molar-refractivity contribution is 7.80. The summed E-state index contributed by atoms with van der Waals surface area (Å²) in [6, 6.07) is 5.45. The fraction of sp³-hybridized carbons (Fsp3) is 0.333. The molecule has 0 saturated heterocycles. The number of nitrogens with two attached hydrogens (primary N) is 1. The molecule has 0 aromatic heterocycles. The van der Waals surface area contributed by atoms with Crippen LogP contribution in [0.3, 0.4) is 0 Å². The molecule has 0 heterocycles. The molecule has 4 heteroatoms. The van der Waals surface area contributed by atoms with Gasteiger partial charge in [0.25, 0.3) is 0 Å². The quantitative estimate of drug-likeness (QED) is 0.574. The lowest BCUT2D eigenvalue weighted by atomic mass is 10.2. The lowest BCUT2D eigenvalue weighted by molar-refractivity contribution is 0.391. The van der Waals surface area contributed by atoms with Crippen LogP contribution in [0.4, 0.5) is 0 Å². The summed E-state index contributed by atoms with van der Waals surface area (Å²) in [6.45, 7) is 0. The van der Waals surface area contributed by atoms with Crippen molar-refractivity contribution in [2.45, 2.75) is 5.37 Å². The monoisotopic (exact) mass is 199 g/mol. The molecule has 0 fully saturated rings. The van der Waals surface area contributed by atoms with Crippen LogP contribution in [0.1, 0.15) is 10.9 Å². The van der Waals surface area contributed by atoms with Gasteiger partial charge in [-0.25, -0.2) is 0 Å². The number of rotatable bonds is 3. The van der Waals surface area contributed by atoms with Gasteiger partial charge in [0.05, 0.1) is 19.6 Å². The van der Waals surface area contributed by atoms with Crippen LogP contribution in [0.5, 0.6) is 11.5 Å². The maximum Gasteiger partial charge on any atom is 0.128 e. The van der Waals surface area contributed by atoms with Crippen molar-refractivity contribution in [2.24, 2.45) is 5.73 Å². The van der Waals surface area contributed by atoms with E-state index in [0.29, 0.717) is 5.75 Å². The fourth-order valence-corrected chi connectivity index (χ4v) is 1.28. The number of benzene rings is 1. The molecule has 0 spiro atoms. The van der Waals surface area contributed by atoms with Crippen LogP contribution < -0.4 is 15.2 Å². The van der Waals surface area contributed by atoms with Crippen LogP contribution in [0.15, 0.2) is 18.2 Å². The molecule has 1 unspecified atom stereocenters. The molecule has 13 heavy (non-hydrogen) atoms. The Morgan fingerprint density at radius 3 is 2.46 bits per heavy atom. The second-order valence-corrected chi connectivity index (χ2v) is 3.11. The number of methoxy groups -OCH3 is 2. The first kappa shape index (κ1) is 10.2. The molecule has 2 N–H and O–H groups in total. The van der Waals surface area contributed by atoms with E-state index in [4.69, 9.17) is 15.2 Å². The van der Waals surface area contributed by atoms with Gasteiger partial charge in [0, 0.05) is 11.6 Å². The van der Waals surface area contributed by atoms with Crippen LogP contribution in [-0.2, 0) is 0 Å². The predicted molar refractivity (Wildman–Crippen MR) is 55.5 cm³/mol. The van der Waals surface area contributed by atoms with Gasteiger partial charge in [-0.3, -0.25) is 0 Å². The van der Waals surface area contributed by atoms with Crippen LogP contribution >= 0.6 is 12.6 Å². The molecule has 0 amide bonds. The summed E-state index contributed by atoms with van der Waals surface area (Å²) in [5, 5.41) is -0.333. The van der Waals surface area contributed by atoms with E-state index in [1.54, 1.807) is 20.3 Å². The Morgan fingerprint density at radius 1 is 1.31 bits per heavy atom. The Morgan fingerprint density at radius 2 is 2.00 bits per heavy atom. The molecule has 0 aliphatic rings. The Labute approximate surface area is 83.2 Å². The molecule has 0 radical (unpaired) electrons. The van der Waals surface area contributed by atoms with Crippen molar-refractivity contribution in [3.8, 4) is 11.5 Å². The average Bonchev–Trinajstić information content (AvgIpc) is 2.16. The van der Waals surface area contributed by atoms with Crippen molar-refractivity contribution < 1.29 is 9.47 Å². The average molecular weight is 199 g/mol. The summed E-state index contributed by atoms with van der Waals surface area (Å²) >= 11 is 4.13. The summed E-state index contributed by atoms with van der Waals surface area (Å²) in [7, 11) is 3.20. The van der Waals surface area contributed by atoms with Crippen molar-refractivity contribution in [1.29, 1.82) is 0 Å². The number of thiol groups is 1. The lowest BCUT2D eigenvalue weighted by Crippen LogP contribution is -2.04. The van der Waals surface area contributed by atoms with Gasteiger partial charge in [-0.15, -0.1) is 0 Å². The summed E-state index contributed by atoms with van der Waals surface area (Å²) in [5.74, 6) is 1.44. The minimum absolute atomic E-state index is 0.333. The van der Waals surface area contributed by atoms with Gasteiger partial charge in [0.1, 0.15) is 11.5 Å². The van der Waals surface area contributed by atoms with Gasteiger partial charge in [0.2, 0.25) is 0 Å². The van der Waals surface area contributed by atoms with Gasteiger partial charge >= 0.3 is 0 Å². The summed E-state index contributed by atoms with van der Waals surface area (Å²) < 4.78 is 10.2. The van der Waals surface area contributed by atoms with Crippen molar-refractivity contribution in [3.63, 3.8) is 0 Å². The lowest BCUT2D eigenvalue weighted by Gasteiger charge is -2.11. The first-order valence-corrected chi connectivity index (χ1v) is 4.36. The van der Waals surface area contributed by atoms with E-state index in [9.17, 15) is 0 Å². The summed E-state index contributed by atoms with van der Waals surface area (Å²) in [4.78, 5) is 0. The molecular formula is C9H13NO2S. The minimum Gasteiger partial charge on any atom is -0.497 e. The van der Waals surface area contributed by atoms with Crippen molar-refractivity contribution in [1.82, 2.24) is 0 Å². The standard InChI is InChI=1S/C9H13NO2S/c1-11-6-3-4-7(9(10)13)8(5-6)12-2/h3-5,9,13H,10H2,1-2H3. The van der Waals surface area contributed by atoms with Crippen LogP contribution in [0, 0.1) is 0 Å². The zero-order valence-corrected chi connectivity index (χ0v) is 8.54. The minimum atomic E-state index is -0.333. The number of hydrogen-bond donors (Lipinski definition) is 2. The van der Waals surface area contributed by atoms with E-state index < -0.39 is 0 Å². The second-order valence-electron chi connectivity index (χ2n) is 2.55. The topological polar surface area (TPSA) is 44.5 Å². The van der Waals surface area contributed by atoms with Gasteiger partial charge in [-0.05, 0) is 12.1 Å². The molecule has 1 rings (SSSR count). The smallest absolute Gasteiger partial charge is 0.128 e. The fourth-order valence-electron chi connectivity index (χ4n) is 1.06. The molecule has 3 nitrogen and oxygen atoms in total. The Hall–Kier alpha value is -0.870. The maximum atomic E-state index is 5.63. The van der Waals surface area contributed by atoms with Crippen LogP contribution in [0.2, 0.25) is 0 Å². The molecule has 0 bridgehead atoms. The Kier molecular flexibility index (Phi) is 3.45. The molecule has 1 aromatic rings. The number of ether oxygens (including phenoxy) is 2. The molecule has 0 aliphatic heterocycles. The third kappa shape index (κ3) is 2.29. The highest BCUT2D eigenvalue weighted by Crippen LogP contribution is 2.29. The maximum absolute atomic E-state index is 5.63. The van der Waals surface area contributed by atoms with Crippen molar-refractivity contribution in [2.75, 3.05) is 14.2 Å². The van der Waals surface area contributed by atoms with E-state index in [1.807, 2.05) is 12.1 Å². The molecule has 72 valence electrons. The van der Waals surface area contributed by atoms with Gasteiger partial charge in [-0.1, -0.05) is 0 Å². The van der Waals surface area contributed by atoms with E-state index >= 15 is 0 Å². The normalized spacial score (nSPS) is 12.3. The molecule has 0 aliphatic carbocycles. The van der Waals surface area contributed by atoms with Gasteiger partial charge < -0.3 is 15.2 Å². The van der Waals surface area contributed by atoms with Gasteiger partial charge in [-0.2, -0.15) is 12.6 Å². The highest BCUT2D eigenvalue weighted by Gasteiger charge is 2.08. The Bertz CT molecular complexity index is 289. The summed E-state index contributed by atoms with van der Waals surface area (Å²) in [6.07, 6.45) is 0. The van der Waals surface area contributed by atoms with Crippen LogP contribution in [-0.4, -0.2) is 14.2 Å². The zero-order valence-electron chi connectivity index (χ0n) is 7.65. The van der Waals surface area contributed by atoms with Gasteiger partial charge in [0.15, 0.2) is 0 Å². The largest absolute Gasteiger partial charge is 0.497 e. The van der Waals surface area contributed by atoms with E-state index in [0.717, 1.165) is 11.3 Å². The van der Waals surface area contributed by atoms with Crippen molar-refractivity contribution >= 4 is 12.6 Å². The first-order chi connectivity index (χ1) is 6.19. The van der Waals surface area contributed by atoms with E-state index in [2.05, 4.69) is 12.6 Å². The van der Waals surface area contributed by atoms with E-state index in [-0.39, 0.29) is 5.37 Å². The molecular weight excluding hydrogens is 186 g/mol. The SMILES string of the molecule is COc1ccc(C(N)S)c(OC)c1. The summed E-state index contributed by atoms with van der Waals surface area (Å²) in [5.41, 5.74) is 6.48. The third-order valence-corrected chi connectivity index (χ3v) is 2.04. The Balaban J connectivity index is 3.08. The molecule has 1 atom stereocenters. The highest BCUT2D eigenvalue weighted by atomic mass is 32.1. The predicted octanol–water partition coefficient (Wildman–Crippen LogP) is 1.59. The van der Waals surface area contributed by atoms with Crippen LogP contribution in [0.25, 0.3) is 0 Å². The molecule has 0 saturated carbocycles. The van der Waals surface area contributed by atoms with E-state index in [1.165, 1.54) is 0 Å². The number of hydrogen-bond acceptors (Lipinski definition) is 4. The van der Waals surface area contributed by atoms with Crippen molar-refractivity contribution in [3.05, 3.63) is 23.8 Å².